The van der Waals surface area contributed by atoms with Crippen LogP contribution in [-0.2, 0) is 54.4 Å². The molecule has 0 saturated carbocycles. The van der Waals surface area contributed by atoms with Crippen molar-refractivity contribution in [2.45, 2.75) is 232 Å². The lowest BCUT2D eigenvalue weighted by Crippen LogP contribution is -2.30. The standard InChI is InChI=1S/4C14H26N2S.4NO3/c4*1-15-11-12-16(14-15)10-8-6-4-2-3-5-7-9-13-17;4*2-1(3)4/h4*11-12,14H,2-10,13H2,1H3;;;;/q;;;;4*-1/p+4. The summed E-state index contributed by atoms with van der Waals surface area (Å²) in [4.78, 5) is 33.0. The largest absolute Gasteiger partial charge is 0.356 e. The molecule has 0 saturated heterocycles. The third-order valence-corrected chi connectivity index (χ3v) is 13.9. The van der Waals surface area contributed by atoms with Crippen LogP contribution in [0.2, 0.25) is 0 Å². The number of unbranched alkanes of at least 4 members (excludes halogenated alkanes) is 28. The lowest BCUT2D eigenvalue weighted by molar-refractivity contribution is -0.697. The van der Waals surface area contributed by atoms with Crippen LogP contribution in [0.15, 0.2) is 74.9 Å². The fourth-order valence-electron chi connectivity index (χ4n) is 8.40. The van der Waals surface area contributed by atoms with Crippen LogP contribution in [0.1, 0.15) is 205 Å². The molecule has 0 spiro atoms. The van der Waals surface area contributed by atoms with E-state index in [1.807, 2.05) is 0 Å². The van der Waals surface area contributed by atoms with Crippen molar-refractivity contribution in [2.24, 2.45) is 28.2 Å². The number of aryl methyl sites for hydroxylation is 8. The van der Waals surface area contributed by atoms with Gasteiger partial charge in [-0.3, -0.25) is 0 Å². The first-order chi connectivity index (χ1) is 40.2. The summed E-state index contributed by atoms with van der Waals surface area (Å²) < 4.78 is 17.5. The lowest BCUT2D eigenvalue weighted by atomic mass is 10.1. The second-order valence-electron chi connectivity index (χ2n) is 20.4. The van der Waals surface area contributed by atoms with Crippen molar-refractivity contribution < 1.29 is 38.6 Å². The maximum Gasteiger partial charge on any atom is 0.243 e. The molecule has 84 heavy (non-hydrogen) atoms. The minimum Gasteiger partial charge on any atom is -0.356 e. The topological polar surface area (TPSA) is 300 Å². The van der Waals surface area contributed by atoms with Crippen molar-refractivity contribution in [3.05, 3.63) is 136 Å². The summed E-state index contributed by atoms with van der Waals surface area (Å²) in [6.07, 6.45) is 69.4. The summed E-state index contributed by atoms with van der Waals surface area (Å²) >= 11 is 16.9. The summed E-state index contributed by atoms with van der Waals surface area (Å²) in [5, 5.41) is 59.0. The highest BCUT2D eigenvalue weighted by atomic mass is 32.1. The molecule has 488 valence electrons. The number of nitrogens with zero attached hydrogens (tertiary/aromatic N) is 12. The van der Waals surface area contributed by atoms with Crippen LogP contribution in [0.4, 0.5) is 0 Å². The van der Waals surface area contributed by atoms with Gasteiger partial charge in [-0.25, -0.2) is 36.5 Å². The average molecular weight is 1270 g/mol. The van der Waals surface area contributed by atoms with E-state index in [2.05, 4.69) is 190 Å². The van der Waals surface area contributed by atoms with E-state index in [1.165, 1.54) is 232 Å². The quantitative estimate of drug-likeness (QED) is 0.0106. The number of hydrogen-bond acceptors (Lipinski definition) is 16. The smallest absolute Gasteiger partial charge is 0.243 e. The van der Waals surface area contributed by atoms with Gasteiger partial charge < -0.3 is 61.3 Å². The Balaban J connectivity index is -0.000000466. The third-order valence-electron chi connectivity index (χ3n) is 12.6. The SMILES string of the molecule is Cn1cc[n+](CCCCCCCCCCS)c1.Cn1cc[n+](CCCCCCCCCCS)c1.Cn1cc[n+](CCCCCCCCCCS)c1.Cn1cc[n+](CCCCCCCCCCS)c1.O=[N+]([O-])[O-].O=[N+]([O-])[O-].O=[N+]([O-])[O-].O=[N+]([O-])[O-]. The number of thiol groups is 4. The first-order valence-corrected chi connectivity index (χ1v) is 32.5. The molecule has 0 fully saturated rings. The second kappa shape index (κ2) is 67.2. The van der Waals surface area contributed by atoms with Crippen LogP contribution in [-0.4, -0.2) is 61.6 Å². The number of imidazole rings is 4. The molecular weight excluding hydrogens is 1160 g/mol. The van der Waals surface area contributed by atoms with Crippen LogP contribution >= 0.6 is 50.5 Å². The minimum absolute atomic E-state index is 1.05. The maximum absolute atomic E-state index is 8.25. The Morgan fingerprint density at radius 3 is 0.488 bits per heavy atom. The molecule has 28 heteroatoms. The summed E-state index contributed by atoms with van der Waals surface area (Å²) in [7, 11) is 8.28. The van der Waals surface area contributed by atoms with Gasteiger partial charge in [-0.1, -0.05) is 128 Å². The summed E-state index contributed by atoms with van der Waals surface area (Å²) in [5.74, 6) is 4.20. The van der Waals surface area contributed by atoms with Crippen LogP contribution in [0.3, 0.4) is 0 Å². The Morgan fingerprint density at radius 2 is 0.381 bits per heavy atom. The zero-order chi connectivity index (χ0) is 63.7. The van der Waals surface area contributed by atoms with Crippen LogP contribution in [0.25, 0.3) is 0 Å². The first kappa shape index (κ1) is 85.5. The second-order valence-corrected chi connectivity index (χ2v) is 22.2. The molecule has 0 aliphatic rings. The molecule has 0 aliphatic heterocycles. The molecule has 0 bridgehead atoms. The normalized spacial score (nSPS) is 10.0. The van der Waals surface area contributed by atoms with E-state index in [4.69, 9.17) is 61.3 Å². The third kappa shape index (κ3) is 79.1. The Labute approximate surface area is 523 Å². The van der Waals surface area contributed by atoms with E-state index in [9.17, 15) is 0 Å². The first-order valence-electron chi connectivity index (χ1n) is 30.0. The average Bonchev–Trinajstić information content (AvgIpc) is 4.27. The predicted molar refractivity (Wildman–Crippen MR) is 347 cm³/mol. The van der Waals surface area contributed by atoms with E-state index in [-0.39, 0.29) is 0 Å². The van der Waals surface area contributed by atoms with Crippen molar-refractivity contribution >= 4 is 50.5 Å². The van der Waals surface area contributed by atoms with Gasteiger partial charge in [0.25, 0.3) is 0 Å². The van der Waals surface area contributed by atoms with Crippen molar-refractivity contribution in [1.29, 1.82) is 0 Å². The molecule has 0 radical (unpaired) electrons. The van der Waals surface area contributed by atoms with Gasteiger partial charge in [-0.2, -0.15) is 50.5 Å². The van der Waals surface area contributed by atoms with Gasteiger partial charge >= 0.3 is 0 Å². The van der Waals surface area contributed by atoms with Gasteiger partial charge in [0.2, 0.25) is 25.3 Å². The number of aromatic nitrogens is 8. The monoisotopic (exact) mass is 1270 g/mol. The van der Waals surface area contributed by atoms with E-state index in [0.717, 1.165) is 23.0 Å². The summed E-state index contributed by atoms with van der Waals surface area (Å²) in [5.41, 5.74) is 0. The fourth-order valence-corrected chi connectivity index (χ4v) is 9.30. The van der Waals surface area contributed by atoms with Crippen LogP contribution in [0, 0.1) is 61.3 Å². The Hall–Kier alpha value is -4.96. The highest BCUT2D eigenvalue weighted by Crippen LogP contribution is 2.12. The van der Waals surface area contributed by atoms with E-state index in [0.29, 0.717) is 0 Å². The predicted octanol–water partition coefficient (Wildman–Crippen LogP) is 12.5. The van der Waals surface area contributed by atoms with Gasteiger partial charge in [-0.05, 0) is 100 Å². The van der Waals surface area contributed by atoms with E-state index >= 15 is 0 Å². The fraction of sp³-hybridized carbons (Fsp3) is 0.786. The van der Waals surface area contributed by atoms with E-state index < -0.39 is 20.3 Å². The lowest BCUT2D eigenvalue weighted by Gasteiger charge is -2.00. The molecule has 24 nitrogen and oxygen atoms in total. The molecule has 0 aliphatic carbocycles. The zero-order valence-electron chi connectivity index (χ0n) is 51.3. The molecular formula is C56H108N12O12S4. The van der Waals surface area contributed by atoms with Crippen molar-refractivity contribution in [3.63, 3.8) is 0 Å². The van der Waals surface area contributed by atoms with Crippen molar-refractivity contribution in [1.82, 2.24) is 18.3 Å². The summed E-state index contributed by atoms with van der Waals surface area (Å²) in [6.45, 7) is 4.67. The molecule has 4 aromatic rings. The Morgan fingerprint density at radius 1 is 0.262 bits per heavy atom. The van der Waals surface area contributed by atoms with Gasteiger partial charge in [0.1, 0.15) is 49.6 Å². The van der Waals surface area contributed by atoms with Crippen LogP contribution < -0.4 is 18.3 Å². The van der Waals surface area contributed by atoms with Gasteiger partial charge in [0.05, 0.1) is 74.7 Å². The number of rotatable bonds is 40. The molecule has 0 amide bonds. The van der Waals surface area contributed by atoms with Crippen LogP contribution in [0.5, 0.6) is 0 Å². The Bertz CT molecular complexity index is 1750. The minimum atomic E-state index is -1.75. The highest BCUT2D eigenvalue weighted by molar-refractivity contribution is 7.80. The molecule has 0 N–H and O–H groups in total. The van der Waals surface area contributed by atoms with Crippen molar-refractivity contribution in [3.8, 4) is 0 Å². The molecule has 0 atom stereocenters. The molecule has 4 aromatic heterocycles. The highest BCUT2D eigenvalue weighted by Gasteiger charge is 2.03. The van der Waals surface area contributed by atoms with Crippen molar-refractivity contribution in [2.75, 3.05) is 23.0 Å². The molecule has 4 heterocycles. The number of hydrogen-bond donors (Lipinski definition) is 4. The molecule has 0 aromatic carbocycles. The maximum atomic E-state index is 8.25. The van der Waals surface area contributed by atoms with E-state index in [1.54, 1.807) is 0 Å². The van der Waals surface area contributed by atoms with Gasteiger partial charge in [0, 0.05) is 0 Å². The summed E-state index contributed by atoms with van der Waals surface area (Å²) in [6, 6.07) is 0. The Kier molecular flexibility index (Phi) is 68.4. The van der Waals surface area contributed by atoms with Gasteiger partial charge in [0.15, 0.2) is 0 Å². The molecule has 0 unspecified atom stereocenters. The zero-order valence-corrected chi connectivity index (χ0v) is 54.8. The molecule has 4 rings (SSSR count). The van der Waals surface area contributed by atoms with Gasteiger partial charge in [-0.15, -0.1) is 0 Å².